The van der Waals surface area contributed by atoms with Gasteiger partial charge in [-0.25, -0.2) is 13.8 Å². The zero-order chi connectivity index (χ0) is 15.7. The van der Waals surface area contributed by atoms with Crippen LogP contribution in [0.1, 0.15) is 27.6 Å². The second-order valence-corrected chi connectivity index (χ2v) is 6.30. The van der Waals surface area contributed by atoms with Crippen LogP contribution in [0.2, 0.25) is 0 Å². The Morgan fingerprint density at radius 3 is 2.95 bits per heavy atom. The second kappa shape index (κ2) is 6.03. The Kier molecular flexibility index (Phi) is 4.10. The van der Waals surface area contributed by atoms with Gasteiger partial charge in [-0.3, -0.25) is 0 Å². The van der Waals surface area contributed by atoms with Crippen LogP contribution in [0.3, 0.4) is 0 Å². The van der Waals surface area contributed by atoms with Crippen LogP contribution in [0.25, 0.3) is 6.08 Å². The van der Waals surface area contributed by atoms with Crippen LogP contribution < -0.4 is 4.74 Å². The molecule has 0 radical (unpaired) electrons. The van der Waals surface area contributed by atoms with E-state index < -0.39 is 17.2 Å². The van der Waals surface area contributed by atoms with Crippen molar-refractivity contribution in [1.29, 1.82) is 5.26 Å². The predicted molar refractivity (Wildman–Crippen MR) is 79.7 cm³/mol. The van der Waals surface area contributed by atoms with Crippen molar-refractivity contribution in [2.45, 2.75) is 19.4 Å². The number of rotatable bonds is 3. The predicted octanol–water partition coefficient (Wildman–Crippen LogP) is 4.40. The lowest BCUT2D eigenvalue weighted by molar-refractivity contribution is 0.288. The zero-order valence-electron chi connectivity index (χ0n) is 11.2. The van der Waals surface area contributed by atoms with Gasteiger partial charge in [-0.2, -0.15) is 5.26 Å². The fraction of sp³-hybridized carbons (Fsp3) is 0.200. The Balaban J connectivity index is 1.78. The highest BCUT2D eigenvalue weighted by molar-refractivity contribution is 7.11. The molecule has 2 aromatic rings. The van der Waals surface area contributed by atoms with E-state index >= 15 is 0 Å². The Morgan fingerprint density at radius 2 is 2.18 bits per heavy atom. The molecule has 112 valence electrons. The summed E-state index contributed by atoms with van der Waals surface area (Å²) < 4.78 is 32.4. The summed E-state index contributed by atoms with van der Waals surface area (Å²) in [5, 5.41) is 10.2. The molecular formula is C15H9ClF2N2OS. The maximum atomic E-state index is 13.9. The summed E-state index contributed by atoms with van der Waals surface area (Å²) in [5.41, 5.74) is 0.169. The minimum absolute atomic E-state index is 0.0521. The third-order valence-corrected chi connectivity index (χ3v) is 4.58. The molecule has 1 heterocycles. The summed E-state index contributed by atoms with van der Waals surface area (Å²) in [6.45, 7) is 0.0521. The highest BCUT2D eigenvalue weighted by Gasteiger charge is 2.17. The minimum Gasteiger partial charge on any atom is -0.483 e. The molecule has 1 aliphatic rings. The number of allylic oxidation sites excluding steroid dienone is 1. The highest BCUT2D eigenvalue weighted by atomic mass is 35.5. The van der Waals surface area contributed by atoms with Gasteiger partial charge in [0.15, 0.2) is 11.6 Å². The molecule has 3 rings (SSSR count). The first kappa shape index (κ1) is 14.9. The third kappa shape index (κ3) is 2.82. The molecule has 1 aromatic heterocycles. The number of benzene rings is 1. The average Bonchev–Trinajstić information content (AvgIpc) is 2.89. The second-order valence-electron chi connectivity index (χ2n) is 4.64. The van der Waals surface area contributed by atoms with Gasteiger partial charge in [0, 0.05) is 9.91 Å². The van der Waals surface area contributed by atoms with Crippen molar-refractivity contribution >= 4 is 29.0 Å². The number of thiazole rings is 1. The van der Waals surface area contributed by atoms with Crippen LogP contribution in [0, 0.1) is 23.0 Å². The summed E-state index contributed by atoms with van der Waals surface area (Å²) in [4.78, 5) is 5.49. The SMILES string of the molecule is N#Cc1c(F)ccc(OCc2nc3c(s2)CCC(Cl)=C3)c1F. The van der Waals surface area contributed by atoms with E-state index in [1.54, 1.807) is 0 Å². The molecule has 1 aromatic carbocycles. The quantitative estimate of drug-likeness (QED) is 0.833. The first-order chi connectivity index (χ1) is 10.6. The van der Waals surface area contributed by atoms with Crippen molar-refractivity contribution in [1.82, 2.24) is 4.98 Å². The van der Waals surface area contributed by atoms with E-state index in [2.05, 4.69) is 4.98 Å². The van der Waals surface area contributed by atoms with Crippen molar-refractivity contribution in [3.05, 3.63) is 49.9 Å². The number of ether oxygens (including phenoxy) is 1. The molecule has 0 N–H and O–H groups in total. The first-order valence-corrected chi connectivity index (χ1v) is 7.63. The van der Waals surface area contributed by atoms with Gasteiger partial charge in [-0.05, 0) is 31.1 Å². The van der Waals surface area contributed by atoms with Gasteiger partial charge >= 0.3 is 0 Å². The van der Waals surface area contributed by atoms with Gasteiger partial charge in [0.2, 0.25) is 0 Å². The van der Waals surface area contributed by atoms with Gasteiger partial charge in [0.25, 0.3) is 0 Å². The minimum atomic E-state index is -0.994. The lowest BCUT2D eigenvalue weighted by atomic mass is 10.1. The largest absolute Gasteiger partial charge is 0.483 e. The number of aromatic nitrogens is 1. The van der Waals surface area contributed by atoms with Crippen molar-refractivity contribution in [3.63, 3.8) is 0 Å². The molecule has 22 heavy (non-hydrogen) atoms. The van der Waals surface area contributed by atoms with E-state index in [-0.39, 0.29) is 12.4 Å². The van der Waals surface area contributed by atoms with Crippen LogP contribution in [0.5, 0.6) is 5.75 Å². The Bertz CT molecular complexity index is 811. The van der Waals surface area contributed by atoms with Gasteiger partial charge in [0.05, 0.1) is 5.69 Å². The molecule has 0 fully saturated rings. The van der Waals surface area contributed by atoms with Crippen molar-refractivity contribution in [3.8, 4) is 11.8 Å². The maximum Gasteiger partial charge on any atom is 0.185 e. The zero-order valence-corrected chi connectivity index (χ0v) is 12.8. The van der Waals surface area contributed by atoms with E-state index in [1.807, 2.05) is 6.08 Å². The van der Waals surface area contributed by atoms with Crippen LogP contribution in [0.15, 0.2) is 17.2 Å². The lowest BCUT2D eigenvalue weighted by Crippen LogP contribution is -2.00. The molecule has 0 saturated carbocycles. The van der Waals surface area contributed by atoms with E-state index in [1.165, 1.54) is 17.4 Å². The maximum absolute atomic E-state index is 13.9. The van der Waals surface area contributed by atoms with Crippen LogP contribution >= 0.6 is 22.9 Å². The molecule has 0 unspecified atom stereocenters. The summed E-state index contributed by atoms with van der Waals surface area (Å²) >= 11 is 7.45. The summed E-state index contributed by atoms with van der Waals surface area (Å²) in [6.07, 6.45) is 3.42. The summed E-state index contributed by atoms with van der Waals surface area (Å²) in [7, 11) is 0. The standard InChI is InChI=1S/C15H9ClF2N2OS/c16-8-1-4-13-11(5-8)20-14(22-13)7-21-12-3-2-10(17)9(6-19)15(12)18/h2-3,5H,1,4,7H2. The van der Waals surface area contributed by atoms with Crippen LogP contribution in [-0.2, 0) is 13.0 Å². The Labute approximate surface area is 134 Å². The molecule has 0 aliphatic heterocycles. The number of nitriles is 1. The molecule has 3 nitrogen and oxygen atoms in total. The Hall–Kier alpha value is -1.97. The summed E-state index contributed by atoms with van der Waals surface area (Å²) in [6, 6.07) is 3.65. The fourth-order valence-electron chi connectivity index (χ4n) is 2.11. The van der Waals surface area contributed by atoms with Crippen molar-refractivity contribution in [2.24, 2.45) is 0 Å². The molecule has 0 bridgehead atoms. The van der Waals surface area contributed by atoms with Gasteiger partial charge in [-0.1, -0.05) is 11.6 Å². The number of hydrogen-bond donors (Lipinski definition) is 0. The number of aryl methyl sites for hydroxylation is 1. The van der Waals surface area contributed by atoms with Gasteiger partial charge in [-0.15, -0.1) is 11.3 Å². The number of nitrogens with zero attached hydrogens (tertiary/aromatic N) is 2. The normalized spacial score (nSPS) is 13.3. The number of fused-ring (bicyclic) bond motifs is 1. The van der Waals surface area contributed by atoms with Crippen LogP contribution in [0.4, 0.5) is 8.78 Å². The average molecular weight is 339 g/mol. The van der Waals surface area contributed by atoms with E-state index in [0.717, 1.165) is 40.6 Å². The molecule has 0 atom stereocenters. The molecule has 0 amide bonds. The molecule has 0 saturated heterocycles. The number of hydrogen-bond acceptors (Lipinski definition) is 4. The molecule has 0 spiro atoms. The number of halogens is 3. The van der Waals surface area contributed by atoms with E-state index in [9.17, 15) is 8.78 Å². The van der Waals surface area contributed by atoms with E-state index in [0.29, 0.717) is 5.01 Å². The Morgan fingerprint density at radius 1 is 1.36 bits per heavy atom. The van der Waals surface area contributed by atoms with Crippen LogP contribution in [-0.4, -0.2) is 4.98 Å². The lowest BCUT2D eigenvalue weighted by Gasteiger charge is -2.06. The van der Waals surface area contributed by atoms with Gasteiger partial charge < -0.3 is 4.74 Å². The van der Waals surface area contributed by atoms with Gasteiger partial charge in [0.1, 0.15) is 29.1 Å². The van der Waals surface area contributed by atoms with E-state index in [4.69, 9.17) is 21.6 Å². The fourth-order valence-corrected chi connectivity index (χ4v) is 3.27. The van der Waals surface area contributed by atoms with Crippen molar-refractivity contribution < 1.29 is 13.5 Å². The third-order valence-electron chi connectivity index (χ3n) is 3.17. The van der Waals surface area contributed by atoms with Crippen molar-refractivity contribution in [2.75, 3.05) is 0 Å². The molecule has 7 heteroatoms. The highest BCUT2D eigenvalue weighted by Crippen LogP contribution is 2.31. The summed E-state index contributed by atoms with van der Waals surface area (Å²) in [5.74, 6) is -2.07. The smallest absolute Gasteiger partial charge is 0.185 e. The molecule has 1 aliphatic carbocycles. The monoisotopic (exact) mass is 338 g/mol. The topological polar surface area (TPSA) is 45.9 Å². The molecular weight excluding hydrogens is 330 g/mol. The first-order valence-electron chi connectivity index (χ1n) is 6.44.